The standard InChI is InChI=1S/C18H18O2S/c1-13(19)14-6-8-16(9-7-14)21-12-15-10-11-20-18-5-3-2-4-17(15)18/h2-9,15H,10-12H2,1H3. The first-order chi connectivity index (χ1) is 10.2. The first-order valence-electron chi connectivity index (χ1n) is 7.19. The molecule has 0 aliphatic carbocycles. The number of fused-ring (bicyclic) bond motifs is 1. The van der Waals surface area contributed by atoms with Gasteiger partial charge in [-0.2, -0.15) is 0 Å². The van der Waals surface area contributed by atoms with Gasteiger partial charge in [-0.3, -0.25) is 4.79 Å². The van der Waals surface area contributed by atoms with Gasteiger partial charge in [-0.05, 0) is 37.1 Å². The highest BCUT2D eigenvalue weighted by molar-refractivity contribution is 7.99. The number of hydrogen-bond acceptors (Lipinski definition) is 3. The number of ether oxygens (including phenoxy) is 1. The van der Waals surface area contributed by atoms with Crippen molar-refractivity contribution in [1.82, 2.24) is 0 Å². The summed E-state index contributed by atoms with van der Waals surface area (Å²) in [4.78, 5) is 12.5. The van der Waals surface area contributed by atoms with Crippen LogP contribution < -0.4 is 4.74 Å². The fraction of sp³-hybridized carbons (Fsp3) is 0.278. The number of thioether (sulfide) groups is 1. The average molecular weight is 298 g/mol. The van der Waals surface area contributed by atoms with Crippen molar-refractivity contribution >= 4 is 17.5 Å². The average Bonchev–Trinajstić information content (AvgIpc) is 2.53. The molecule has 1 aliphatic heterocycles. The highest BCUT2D eigenvalue weighted by Gasteiger charge is 2.20. The van der Waals surface area contributed by atoms with Crippen LogP contribution in [-0.4, -0.2) is 18.1 Å². The van der Waals surface area contributed by atoms with E-state index in [1.165, 1.54) is 10.5 Å². The molecule has 0 saturated heterocycles. The van der Waals surface area contributed by atoms with Gasteiger partial charge in [-0.25, -0.2) is 0 Å². The highest BCUT2D eigenvalue weighted by Crippen LogP contribution is 2.36. The van der Waals surface area contributed by atoms with Crippen LogP contribution in [0.1, 0.15) is 35.2 Å². The Bertz CT molecular complexity index is 634. The molecule has 2 aromatic rings. The third kappa shape index (κ3) is 3.30. The van der Waals surface area contributed by atoms with Gasteiger partial charge in [0.15, 0.2) is 5.78 Å². The molecular weight excluding hydrogens is 280 g/mol. The van der Waals surface area contributed by atoms with E-state index in [1.54, 1.807) is 6.92 Å². The Labute approximate surface area is 129 Å². The lowest BCUT2D eigenvalue weighted by Crippen LogP contribution is -2.15. The second-order valence-corrected chi connectivity index (χ2v) is 6.36. The van der Waals surface area contributed by atoms with Crippen LogP contribution in [0, 0.1) is 0 Å². The maximum Gasteiger partial charge on any atom is 0.159 e. The van der Waals surface area contributed by atoms with Crippen LogP contribution in [0.2, 0.25) is 0 Å². The number of benzene rings is 2. The lowest BCUT2D eigenvalue weighted by molar-refractivity contribution is 0.101. The van der Waals surface area contributed by atoms with Crippen molar-refractivity contribution in [3.8, 4) is 5.75 Å². The van der Waals surface area contributed by atoms with Gasteiger partial charge in [0.2, 0.25) is 0 Å². The summed E-state index contributed by atoms with van der Waals surface area (Å²) >= 11 is 1.84. The first-order valence-corrected chi connectivity index (χ1v) is 8.18. The van der Waals surface area contributed by atoms with Crippen LogP contribution in [0.4, 0.5) is 0 Å². The van der Waals surface area contributed by atoms with Crippen molar-refractivity contribution in [1.29, 1.82) is 0 Å². The van der Waals surface area contributed by atoms with Crippen molar-refractivity contribution < 1.29 is 9.53 Å². The van der Waals surface area contributed by atoms with Crippen molar-refractivity contribution in [2.24, 2.45) is 0 Å². The van der Waals surface area contributed by atoms with Crippen LogP contribution in [0.25, 0.3) is 0 Å². The highest BCUT2D eigenvalue weighted by atomic mass is 32.2. The summed E-state index contributed by atoms with van der Waals surface area (Å²) in [5, 5.41) is 0. The van der Waals surface area contributed by atoms with E-state index in [9.17, 15) is 4.79 Å². The van der Waals surface area contributed by atoms with Gasteiger partial charge < -0.3 is 4.74 Å². The van der Waals surface area contributed by atoms with Gasteiger partial charge in [0, 0.05) is 22.1 Å². The number of carbonyl (C=O) groups excluding carboxylic acids is 1. The molecule has 1 atom stereocenters. The summed E-state index contributed by atoms with van der Waals surface area (Å²) in [6.45, 7) is 2.40. The van der Waals surface area contributed by atoms with E-state index in [4.69, 9.17) is 4.74 Å². The second-order valence-electron chi connectivity index (χ2n) is 5.26. The molecule has 108 valence electrons. The monoisotopic (exact) mass is 298 g/mol. The number of Topliss-reactive ketones (excluding diaryl/α,β-unsaturated/α-hetero) is 1. The van der Waals surface area contributed by atoms with E-state index >= 15 is 0 Å². The zero-order valence-electron chi connectivity index (χ0n) is 12.0. The number of hydrogen-bond donors (Lipinski definition) is 0. The zero-order valence-corrected chi connectivity index (χ0v) is 12.9. The largest absolute Gasteiger partial charge is 0.493 e. The zero-order chi connectivity index (χ0) is 14.7. The van der Waals surface area contributed by atoms with E-state index in [1.807, 2.05) is 48.2 Å². The topological polar surface area (TPSA) is 26.3 Å². The number of para-hydroxylation sites is 1. The summed E-state index contributed by atoms with van der Waals surface area (Å²) < 4.78 is 5.70. The maximum atomic E-state index is 11.3. The van der Waals surface area contributed by atoms with E-state index in [0.717, 1.165) is 30.1 Å². The molecule has 0 fully saturated rings. The molecule has 0 N–H and O–H groups in total. The van der Waals surface area contributed by atoms with Crippen molar-refractivity contribution in [2.75, 3.05) is 12.4 Å². The lowest BCUT2D eigenvalue weighted by atomic mass is 9.95. The van der Waals surface area contributed by atoms with Gasteiger partial charge in [0.05, 0.1) is 6.61 Å². The summed E-state index contributed by atoms with van der Waals surface area (Å²) in [5.41, 5.74) is 2.09. The minimum atomic E-state index is 0.116. The van der Waals surface area contributed by atoms with Crippen LogP contribution in [-0.2, 0) is 0 Å². The molecule has 3 heteroatoms. The Morgan fingerprint density at radius 1 is 1.19 bits per heavy atom. The van der Waals surface area contributed by atoms with Crippen molar-refractivity contribution in [3.63, 3.8) is 0 Å². The van der Waals surface area contributed by atoms with Crippen molar-refractivity contribution in [2.45, 2.75) is 24.2 Å². The van der Waals surface area contributed by atoms with E-state index in [0.29, 0.717) is 5.92 Å². The van der Waals surface area contributed by atoms with Crippen molar-refractivity contribution in [3.05, 3.63) is 59.7 Å². The van der Waals surface area contributed by atoms with Crippen LogP contribution >= 0.6 is 11.8 Å². The first kappa shape index (κ1) is 14.2. The fourth-order valence-corrected chi connectivity index (χ4v) is 3.64. The minimum Gasteiger partial charge on any atom is -0.493 e. The number of ketones is 1. The van der Waals surface area contributed by atoms with E-state index in [2.05, 4.69) is 12.1 Å². The minimum absolute atomic E-state index is 0.116. The van der Waals surface area contributed by atoms with E-state index < -0.39 is 0 Å². The number of carbonyl (C=O) groups is 1. The predicted octanol–water partition coefficient (Wildman–Crippen LogP) is 4.55. The molecule has 0 radical (unpaired) electrons. The molecule has 1 unspecified atom stereocenters. The summed E-state index contributed by atoms with van der Waals surface area (Å²) in [6.07, 6.45) is 1.07. The van der Waals surface area contributed by atoms with Gasteiger partial charge >= 0.3 is 0 Å². The van der Waals surface area contributed by atoms with Crippen LogP contribution in [0.15, 0.2) is 53.4 Å². The Morgan fingerprint density at radius 2 is 1.95 bits per heavy atom. The molecule has 3 rings (SSSR count). The maximum absolute atomic E-state index is 11.3. The Kier molecular flexibility index (Phi) is 4.30. The summed E-state index contributed by atoms with van der Waals surface area (Å²) in [6, 6.07) is 16.2. The fourth-order valence-electron chi connectivity index (χ4n) is 2.57. The molecule has 2 aromatic carbocycles. The van der Waals surface area contributed by atoms with Crippen LogP contribution in [0.5, 0.6) is 5.75 Å². The van der Waals surface area contributed by atoms with E-state index in [-0.39, 0.29) is 5.78 Å². The Hall–Kier alpha value is -1.74. The Balaban J connectivity index is 1.67. The normalized spacial score (nSPS) is 16.9. The molecule has 1 aliphatic rings. The number of rotatable bonds is 4. The molecule has 0 spiro atoms. The molecular formula is C18H18O2S. The smallest absolute Gasteiger partial charge is 0.159 e. The van der Waals surface area contributed by atoms with Gasteiger partial charge in [0.1, 0.15) is 5.75 Å². The molecule has 0 saturated carbocycles. The molecule has 21 heavy (non-hydrogen) atoms. The second kappa shape index (κ2) is 6.35. The SMILES string of the molecule is CC(=O)c1ccc(SCC2CCOc3ccccc32)cc1. The summed E-state index contributed by atoms with van der Waals surface area (Å²) in [7, 11) is 0. The summed E-state index contributed by atoms with van der Waals surface area (Å²) in [5.74, 6) is 2.72. The third-order valence-electron chi connectivity index (χ3n) is 3.79. The predicted molar refractivity (Wildman–Crippen MR) is 86.5 cm³/mol. The molecule has 0 amide bonds. The van der Waals surface area contributed by atoms with Gasteiger partial charge in [-0.15, -0.1) is 11.8 Å². The Morgan fingerprint density at radius 3 is 2.71 bits per heavy atom. The van der Waals surface area contributed by atoms with Gasteiger partial charge in [-0.1, -0.05) is 30.3 Å². The molecule has 2 nitrogen and oxygen atoms in total. The van der Waals surface area contributed by atoms with Crippen LogP contribution in [0.3, 0.4) is 0 Å². The van der Waals surface area contributed by atoms with Gasteiger partial charge in [0.25, 0.3) is 0 Å². The lowest BCUT2D eigenvalue weighted by Gasteiger charge is -2.25. The third-order valence-corrected chi connectivity index (χ3v) is 4.97. The molecule has 0 aromatic heterocycles. The quantitative estimate of drug-likeness (QED) is 0.612. The molecule has 1 heterocycles. The molecule has 0 bridgehead atoms.